The molecule has 0 unspecified atom stereocenters. The van der Waals surface area contributed by atoms with Crippen LogP contribution in [0.3, 0.4) is 0 Å². The van der Waals surface area contributed by atoms with Gasteiger partial charge in [0.1, 0.15) is 0 Å². The van der Waals surface area contributed by atoms with Crippen LogP contribution in [0.15, 0.2) is 16.9 Å². The van der Waals surface area contributed by atoms with Crippen LogP contribution in [0.5, 0.6) is 0 Å². The van der Waals surface area contributed by atoms with Crippen LogP contribution >= 0.6 is 0 Å². The lowest BCUT2D eigenvalue weighted by Gasteiger charge is -2.14. The van der Waals surface area contributed by atoms with E-state index in [1.54, 1.807) is 12.1 Å². The summed E-state index contributed by atoms with van der Waals surface area (Å²) in [5.74, 6) is 0. The average Bonchev–Trinajstić information content (AvgIpc) is 1.99. The molecule has 0 aromatic carbocycles. The maximum Gasteiger partial charge on any atom is 0.0876 e. The van der Waals surface area contributed by atoms with E-state index in [2.05, 4.69) is 11.8 Å². The van der Waals surface area contributed by atoms with Gasteiger partial charge in [0.15, 0.2) is 0 Å². The van der Waals surface area contributed by atoms with Gasteiger partial charge in [-0.15, -0.1) is 0 Å². The van der Waals surface area contributed by atoms with Gasteiger partial charge in [-0.25, -0.2) is 0 Å². The summed E-state index contributed by atoms with van der Waals surface area (Å²) in [5, 5.41) is 5.40. The molecule has 0 heterocycles. The van der Waals surface area contributed by atoms with Crippen molar-refractivity contribution in [2.45, 2.75) is 6.92 Å². The van der Waals surface area contributed by atoms with Crippen LogP contribution in [0.2, 0.25) is 0 Å². The first-order valence-electron chi connectivity index (χ1n) is 3.10. The highest BCUT2D eigenvalue weighted by molar-refractivity contribution is 5.23. The van der Waals surface area contributed by atoms with E-state index in [0.29, 0.717) is 6.61 Å². The minimum absolute atomic E-state index is 0.575. The van der Waals surface area contributed by atoms with Gasteiger partial charge in [-0.1, -0.05) is 6.08 Å². The molecular formula is C7H14N2O. The normalized spacial score (nSPS) is 11.3. The van der Waals surface area contributed by atoms with Crippen LogP contribution in [0.25, 0.3) is 0 Å². The summed E-state index contributed by atoms with van der Waals surface area (Å²) in [6.45, 7) is 5.91. The van der Waals surface area contributed by atoms with E-state index in [9.17, 15) is 0 Å². The largest absolute Gasteiger partial charge is 0.378 e. The zero-order valence-corrected chi connectivity index (χ0v) is 6.79. The van der Waals surface area contributed by atoms with E-state index in [1.165, 1.54) is 0 Å². The van der Waals surface area contributed by atoms with Crippen molar-refractivity contribution in [3.8, 4) is 0 Å². The molecule has 0 saturated carbocycles. The van der Waals surface area contributed by atoms with Crippen molar-refractivity contribution in [1.29, 1.82) is 0 Å². The first-order valence-corrected chi connectivity index (χ1v) is 3.10. The summed E-state index contributed by atoms with van der Waals surface area (Å²) in [6.07, 6.45) is 1.94. The Kier molecular flexibility index (Phi) is 4.58. The Morgan fingerprint density at radius 1 is 1.80 bits per heavy atom. The van der Waals surface area contributed by atoms with Gasteiger partial charge in [-0.3, -0.25) is 5.01 Å². The Morgan fingerprint density at radius 3 is 2.70 bits per heavy atom. The highest BCUT2D eigenvalue weighted by Gasteiger charge is 1.97. The van der Waals surface area contributed by atoms with Gasteiger partial charge < -0.3 is 4.74 Å². The minimum atomic E-state index is 0.575. The lowest BCUT2D eigenvalue weighted by atomic mass is 10.4. The quantitative estimate of drug-likeness (QED) is 0.433. The van der Waals surface area contributed by atoms with Gasteiger partial charge in [0, 0.05) is 20.9 Å². The van der Waals surface area contributed by atoms with Crippen LogP contribution < -0.4 is 0 Å². The second kappa shape index (κ2) is 4.99. The predicted molar refractivity (Wildman–Crippen MR) is 42.9 cm³/mol. The third-order valence-electron chi connectivity index (χ3n) is 1.25. The van der Waals surface area contributed by atoms with Crippen LogP contribution in [-0.2, 0) is 4.74 Å². The third-order valence-corrected chi connectivity index (χ3v) is 1.25. The van der Waals surface area contributed by atoms with Gasteiger partial charge in [-0.2, -0.15) is 5.10 Å². The molecule has 0 aromatic rings. The Hall–Kier alpha value is -0.830. The summed E-state index contributed by atoms with van der Waals surface area (Å²) in [5.41, 5.74) is 1.01. The monoisotopic (exact) mass is 142 g/mol. The molecule has 0 amide bonds. The number of hydrazone groups is 1. The molecule has 58 valence electrons. The Bertz CT molecular complexity index is 132. The fourth-order valence-electron chi connectivity index (χ4n) is 0.602. The molecule has 0 bridgehead atoms. The van der Waals surface area contributed by atoms with E-state index in [0.717, 1.165) is 5.70 Å². The third kappa shape index (κ3) is 2.64. The number of likely N-dealkylation sites (N-methyl/N-ethyl adjacent to an activating group) is 1. The lowest BCUT2D eigenvalue weighted by Crippen LogP contribution is -2.13. The zero-order valence-electron chi connectivity index (χ0n) is 6.79. The first-order chi connectivity index (χ1) is 4.76. The van der Waals surface area contributed by atoms with Crippen LogP contribution in [0.1, 0.15) is 6.92 Å². The van der Waals surface area contributed by atoms with Crippen molar-refractivity contribution in [1.82, 2.24) is 5.01 Å². The van der Waals surface area contributed by atoms with Gasteiger partial charge in [-0.05, 0) is 6.92 Å². The summed E-state index contributed by atoms with van der Waals surface area (Å²) >= 11 is 0. The van der Waals surface area contributed by atoms with Crippen LogP contribution in [0.4, 0.5) is 0 Å². The fourth-order valence-corrected chi connectivity index (χ4v) is 0.602. The molecule has 0 aromatic heterocycles. The standard InChI is InChI=1S/C7H14N2O/c1-5-7(6-10-4)9(3)8-2/h5H,2,6H2,1,3-4H3/b7-5-. The summed E-state index contributed by atoms with van der Waals surface area (Å²) in [4.78, 5) is 0. The second-order valence-electron chi connectivity index (χ2n) is 1.88. The van der Waals surface area contributed by atoms with Gasteiger partial charge in [0.05, 0.1) is 12.3 Å². The molecule has 3 heteroatoms. The summed E-state index contributed by atoms with van der Waals surface area (Å²) in [7, 11) is 3.49. The molecule has 0 atom stereocenters. The number of ether oxygens (including phenoxy) is 1. The molecule has 0 rings (SSSR count). The number of nitrogens with zero attached hydrogens (tertiary/aromatic N) is 2. The second-order valence-corrected chi connectivity index (χ2v) is 1.88. The lowest BCUT2D eigenvalue weighted by molar-refractivity contribution is 0.198. The van der Waals surface area contributed by atoms with E-state index < -0.39 is 0 Å². The molecule has 0 aliphatic carbocycles. The molecular weight excluding hydrogens is 128 g/mol. The highest BCUT2D eigenvalue weighted by Crippen LogP contribution is 2.00. The van der Waals surface area contributed by atoms with E-state index in [1.807, 2.05) is 20.0 Å². The molecule has 0 N–H and O–H groups in total. The Labute approximate surface area is 62.0 Å². The summed E-state index contributed by atoms with van der Waals surface area (Å²) < 4.78 is 4.92. The zero-order chi connectivity index (χ0) is 7.98. The topological polar surface area (TPSA) is 24.8 Å². The van der Waals surface area contributed by atoms with Crippen LogP contribution in [-0.4, -0.2) is 32.5 Å². The molecule has 0 aliphatic rings. The fraction of sp³-hybridized carbons (Fsp3) is 0.571. The Balaban J connectivity index is 3.94. The molecule has 0 fully saturated rings. The van der Waals surface area contributed by atoms with E-state index in [4.69, 9.17) is 4.74 Å². The van der Waals surface area contributed by atoms with Crippen molar-refractivity contribution < 1.29 is 4.74 Å². The molecule has 0 spiro atoms. The highest BCUT2D eigenvalue weighted by atomic mass is 16.5. The minimum Gasteiger partial charge on any atom is -0.378 e. The number of hydrogen-bond acceptors (Lipinski definition) is 3. The van der Waals surface area contributed by atoms with Crippen molar-refractivity contribution in [3.63, 3.8) is 0 Å². The number of allylic oxidation sites excluding steroid dienone is 1. The van der Waals surface area contributed by atoms with Crippen molar-refractivity contribution in [3.05, 3.63) is 11.8 Å². The average molecular weight is 142 g/mol. The van der Waals surface area contributed by atoms with Gasteiger partial charge >= 0.3 is 0 Å². The van der Waals surface area contributed by atoms with Gasteiger partial charge in [0.2, 0.25) is 0 Å². The van der Waals surface area contributed by atoms with Crippen molar-refractivity contribution >= 4 is 6.72 Å². The predicted octanol–water partition coefficient (Wildman–Crippen LogP) is 1.08. The van der Waals surface area contributed by atoms with Crippen LogP contribution in [0, 0.1) is 0 Å². The molecule has 0 saturated heterocycles. The van der Waals surface area contributed by atoms with E-state index >= 15 is 0 Å². The summed E-state index contributed by atoms with van der Waals surface area (Å²) in [6, 6.07) is 0. The molecule has 0 aliphatic heterocycles. The number of rotatable bonds is 4. The van der Waals surface area contributed by atoms with E-state index in [-0.39, 0.29) is 0 Å². The molecule has 3 nitrogen and oxygen atoms in total. The maximum absolute atomic E-state index is 4.92. The number of hydrogen-bond donors (Lipinski definition) is 0. The van der Waals surface area contributed by atoms with Crippen molar-refractivity contribution in [2.75, 3.05) is 20.8 Å². The van der Waals surface area contributed by atoms with Crippen molar-refractivity contribution in [2.24, 2.45) is 5.10 Å². The number of methoxy groups -OCH3 is 1. The first kappa shape index (κ1) is 9.17. The molecule has 0 radical (unpaired) electrons. The SMILES string of the molecule is C=NN(C)/C(=C\C)COC. The maximum atomic E-state index is 4.92. The Morgan fingerprint density at radius 2 is 2.40 bits per heavy atom. The molecule has 10 heavy (non-hydrogen) atoms. The van der Waals surface area contributed by atoms with Gasteiger partial charge in [0.25, 0.3) is 0 Å². The smallest absolute Gasteiger partial charge is 0.0876 e.